The number of carbonyl (C=O) groups is 1. The van der Waals surface area contributed by atoms with E-state index in [1.165, 1.54) is 12.4 Å². The second kappa shape index (κ2) is 7.63. The van der Waals surface area contributed by atoms with Gasteiger partial charge in [-0.1, -0.05) is 0 Å². The largest absolute Gasteiger partial charge is 0.417 e. The van der Waals surface area contributed by atoms with Gasteiger partial charge in [0.25, 0.3) is 5.91 Å². The number of aromatic nitrogens is 1. The number of piperidine rings is 1. The lowest BCUT2D eigenvalue weighted by molar-refractivity contribution is -0.136. The van der Waals surface area contributed by atoms with Gasteiger partial charge in [-0.05, 0) is 38.9 Å². The molecule has 0 atom stereocenters. The molecule has 1 fully saturated rings. The Balaban J connectivity index is 1.97. The number of rotatable bonds is 4. The Hall–Kier alpha value is -1.87. The first-order valence-electron chi connectivity index (χ1n) is 8.82. The maximum atomic E-state index is 13.6. The summed E-state index contributed by atoms with van der Waals surface area (Å²) in [7, 11) is 5.50. The van der Waals surface area contributed by atoms with Crippen LogP contribution in [0, 0.1) is 5.92 Å². The van der Waals surface area contributed by atoms with E-state index in [9.17, 15) is 18.0 Å². The highest BCUT2D eigenvalue weighted by Gasteiger charge is 2.36. The summed E-state index contributed by atoms with van der Waals surface area (Å²) in [5, 5.41) is 3.91. The fourth-order valence-electron chi connectivity index (χ4n) is 3.52. The van der Waals surface area contributed by atoms with Crippen molar-refractivity contribution in [2.75, 3.05) is 45.7 Å². The minimum atomic E-state index is -4.50. The molecular weight excluding hydrogens is 377 g/mol. The quantitative estimate of drug-likeness (QED) is 0.854. The van der Waals surface area contributed by atoms with Gasteiger partial charge in [-0.3, -0.25) is 4.79 Å². The number of halogens is 3. The van der Waals surface area contributed by atoms with Crippen molar-refractivity contribution >= 4 is 33.3 Å². The van der Waals surface area contributed by atoms with E-state index in [1.807, 2.05) is 19.0 Å². The third-order valence-corrected chi connectivity index (χ3v) is 5.85. The molecule has 0 radical (unpaired) electrons. The minimum Gasteiger partial charge on any atom is -0.357 e. The van der Waals surface area contributed by atoms with E-state index in [2.05, 4.69) is 15.2 Å². The molecule has 0 unspecified atom stereocenters. The van der Waals surface area contributed by atoms with Gasteiger partial charge in [0, 0.05) is 32.1 Å². The van der Waals surface area contributed by atoms with Gasteiger partial charge in [0.2, 0.25) is 0 Å². The Morgan fingerprint density at radius 2 is 2.04 bits per heavy atom. The summed E-state index contributed by atoms with van der Waals surface area (Å²) in [6.45, 7) is 2.29. The van der Waals surface area contributed by atoms with E-state index in [-0.39, 0.29) is 15.8 Å². The molecule has 5 nitrogen and oxygen atoms in total. The molecule has 1 N–H and O–H groups in total. The van der Waals surface area contributed by atoms with Gasteiger partial charge in [0.15, 0.2) is 0 Å². The number of anilines is 1. The second-order valence-corrected chi connectivity index (χ2v) is 8.00. The average Bonchev–Trinajstić information content (AvgIpc) is 3.03. The van der Waals surface area contributed by atoms with Crippen LogP contribution in [0.5, 0.6) is 0 Å². The van der Waals surface area contributed by atoms with Crippen molar-refractivity contribution in [1.29, 1.82) is 0 Å². The fourth-order valence-corrected chi connectivity index (χ4v) is 4.55. The number of hydrogen-bond acceptors (Lipinski definition) is 5. The van der Waals surface area contributed by atoms with Crippen LogP contribution in [0.4, 0.5) is 19.0 Å². The predicted octanol–water partition coefficient (Wildman–Crippen LogP) is 3.45. The summed E-state index contributed by atoms with van der Waals surface area (Å²) in [6.07, 6.45) is -2.68. The Bertz CT molecular complexity index is 826. The van der Waals surface area contributed by atoms with Gasteiger partial charge in [-0.15, -0.1) is 11.3 Å². The van der Waals surface area contributed by atoms with Crippen molar-refractivity contribution in [2.24, 2.45) is 5.92 Å². The standard InChI is InChI=1S/C18H23F3N4OS/c1-22-17(26)12-10-27-16-13(18(19,20)21)8-14(23-15(12)16)25-6-4-11(5-7-25)9-24(2)3/h8,10-11H,4-7,9H2,1-3H3,(H,22,26). The zero-order chi connectivity index (χ0) is 19.8. The summed E-state index contributed by atoms with van der Waals surface area (Å²) < 4.78 is 40.9. The molecule has 0 spiro atoms. The Morgan fingerprint density at radius 3 is 2.59 bits per heavy atom. The van der Waals surface area contributed by atoms with Crippen LogP contribution < -0.4 is 10.2 Å². The molecular formula is C18H23F3N4OS. The molecule has 27 heavy (non-hydrogen) atoms. The molecule has 1 aliphatic heterocycles. The third-order valence-electron chi connectivity index (χ3n) is 4.85. The van der Waals surface area contributed by atoms with Crippen molar-refractivity contribution in [2.45, 2.75) is 19.0 Å². The topological polar surface area (TPSA) is 48.5 Å². The van der Waals surface area contributed by atoms with Gasteiger partial charge in [0.05, 0.1) is 21.3 Å². The van der Waals surface area contributed by atoms with Crippen LogP contribution in [0.15, 0.2) is 11.4 Å². The van der Waals surface area contributed by atoms with Gasteiger partial charge >= 0.3 is 6.18 Å². The Kier molecular flexibility index (Phi) is 5.62. The molecule has 0 bridgehead atoms. The number of nitrogens with zero attached hydrogens (tertiary/aromatic N) is 3. The number of alkyl halides is 3. The summed E-state index contributed by atoms with van der Waals surface area (Å²) in [5.74, 6) is 0.398. The summed E-state index contributed by atoms with van der Waals surface area (Å²) >= 11 is 0.906. The van der Waals surface area contributed by atoms with Gasteiger partial charge in [-0.2, -0.15) is 13.2 Å². The first-order valence-corrected chi connectivity index (χ1v) is 9.70. The molecule has 1 aliphatic rings. The van der Waals surface area contributed by atoms with Crippen LogP contribution in [0.3, 0.4) is 0 Å². The number of nitrogens with one attached hydrogen (secondary N) is 1. The van der Waals surface area contributed by atoms with Crippen molar-refractivity contribution in [3.8, 4) is 0 Å². The van der Waals surface area contributed by atoms with Crippen LogP contribution in [-0.2, 0) is 6.18 Å². The van der Waals surface area contributed by atoms with Gasteiger partial charge in [-0.25, -0.2) is 4.98 Å². The summed E-state index contributed by atoms with van der Waals surface area (Å²) in [6, 6.07) is 1.12. The average molecular weight is 400 g/mol. The maximum absolute atomic E-state index is 13.6. The van der Waals surface area contributed by atoms with Crippen molar-refractivity contribution in [1.82, 2.24) is 15.2 Å². The predicted molar refractivity (Wildman–Crippen MR) is 102 cm³/mol. The number of fused-ring (bicyclic) bond motifs is 1. The van der Waals surface area contributed by atoms with Crippen LogP contribution in [-0.4, -0.2) is 56.6 Å². The molecule has 0 aromatic carbocycles. The zero-order valence-electron chi connectivity index (χ0n) is 15.6. The van der Waals surface area contributed by atoms with Crippen LogP contribution in [0.1, 0.15) is 28.8 Å². The molecule has 1 saturated heterocycles. The lowest BCUT2D eigenvalue weighted by Gasteiger charge is -2.34. The van der Waals surface area contributed by atoms with Gasteiger partial charge in [0.1, 0.15) is 5.82 Å². The summed E-state index contributed by atoms with van der Waals surface area (Å²) in [5.41, 5.74) is -0.412. The molecule has 3 heterocycles. The Morgan fingerprint density at radius 1 is 1.37 bits per heavy atom. The van der Waals surface area contributed by atoms with E-state index in [1.54, 1.807) is 0 Å². The van der Waals surface area contributed by atoms with Crippen LogP contribution in [0.25, 0.3) is 10.2 Å². The lowest BCUT2D eigenvalue weighted by Crippen LogP contribution is -2.37. The highest BCUT2D eigenvalue weighted by Crippen LogP contribution is 2.40. The fraction of sp³-hybridized carbons (Fsp3) is 0.556. The maximum Gasteiger partial charge on any atom is 0.417 e. The number of carbonyl (C=O) groups excluding carboxylic acids is 1. The number of thiophene rings is 1. The monoisotopic (exact) mass is 400 g/mol. The van der Waals surface area contributed by atoms with E-state index in [4.69, 9.17) is 0 Å². The first kappa shape index (κ1) is 19.9. The van der Waals surface area contributed by atoms with Gasteiger partial charge < -0.3 is 15.1 Å². The third kappa shape index (κ3) is 4.19. The highest BCUT2D eigenvalue weighted by atomic mass is 32.1. The molecule has 1 amide bonds. The molecule has 3 rings (SSSR count). The molecule has 0 saturated carbocycles. The molecule has 148 valence electrons. The van der Waals surface area contributed by atoms with Crippen LogP contribution in [0.2, 0.25) is 0 Å². The molecule has 9 heteroatoms. The minimum absolute atomic E-state index is 0.00680. The SMILES string of the molecule is CNC(=O)c1csc2c(C(F)(F)F)cc(N3CCC(CN(C)C)CC3)nc12. The number of pyridine rings is 1. The number of hydrogen-bond donors (Lipinski definition) is 1. The van der Waals surface area contributed by atoms with E-state index < -0.39 is 17.6 Å². The molecule has 0 aliphatic carbocycles. The molecule has 2 aromatic heterocycles. The number of amides is 1. The lowest BCUT2D eigenvalue weighted by atomic mass is 9.96. The van der Waals surface area contributed by atoms with E-state index in [0.29, 0.717) is 24.8 Å². The Labute approximate surface area is 160 Å². The smallest absolute Gasteiger partial charge is 0.357 e. The van der Waals surface area contributed by atoms with Crippen molar-refractivity contribution in [3.63, 3.8) is 0 Å². The highest BCUT2D eigenvalue weighted by molar-refractivity contribution is 7.17. The van der Waals surface area contributed by atoms with E-state index >= 15 is 0 Å². The van der Waals surface area contributed by atoms with Crippen molar-refractivity contribution < 1.29 is 18.0 Å². The first-order chi connectivity index (χ1) is 12.7. The zero-order valence-corrected chi connectivity index (χ0v) is 16.4. The summed E-state index contributed by atoms with van der Waals surface area (Å²) in [4.78, 5) is 20.5. The normalized spacial score (nSPS) is 16.3. The van der Waals surface area contributed by atoms with Crippen molar-refractivity contribution in [3.05, 3.63) is 22.6 Å². The molecule has 2 aromatic rings. The van der Waals surface area contributed by atoms with E-state index in [0.717, 1.165) is 36.8 Å². The second-order valence-electron chi connectivity index (χ2n) is 7.12. The van der Waals surface area contributed by atoms with Crippen LogP contribution >= 0.6 is 11.3 Å².